The first kappa shape index (κ1) is 21.5. The Morgan fingerprint density at radius 2 is 1.42 bits per heavy atom. The van der Waals surface area contributed by atoms with Gasteiger partial charge in [0.2, 0.25) is 11.8 Å². The standard InChI is InChI=1S/C12H12FNO2.C5H7NO2.C2H6/c1-6(2)7-4-8-9(5-10(7)13)12(16)14(3)11(8)15;7-4-2-1-3-5(8)6-4;1-2/h4-6H,1-3H3;1-3H2,(H,6,7,8);1-2H3. The summed E-state index contributed by atoms with van der Waals surface area (Å²) >= 11 is 0. The van der Waals surface area contributed by atoms with E-state index in [0.717, 1.165) is 11.0 Å². The van der Waals surface area contributed by atoms with Gasteiger partial charge in [-0.3, -0.25) is 29.4 Å². The van der Waals surface area contributed by atoms with Gasteiger partial charge in [-0.05, 0) is 30.0 Å². The molecule has 1 aromatic carbocycles. The molecule has 1 fully saturated rings. The maximum atomic E-state index is 13.6. The first-order valence-corrected chi connectivity index (χ1v) is 8.71. The van der Waals surface area contributed by atoms with Gasteiger partial charge < -0.3 is 0 Å². The molecule has 0 bridgehead atoms. The Hall–Kier alpha value is -2.57. The van der Waals surface area contributed by atoms with Crippen LogP contribution in [0.4, 0.5) is 4.39 Å². The number of imide groups is 2. The van der Waals surface area contributed by atoms with Crippen molar-refractivity contribution in [1.82, 2.24) is 10.2 Å². The monoisotopic (exact) mass is 364 g/mol. The van der Waals surface area contributed by atoms with Crippen molar-refractivity contribution in [2.24, 2.45) is 0 Å². The van der Waals surface area contributed by atoms with Gasteiger partial charge in [0.1, 0.15) is 5.82 Å². The summed E-state index contributed by atoms with van der Waals surface area (Å²) in [6.07, 6.45) is 1.72. The van der Waals surface area contributed by atoms with Crippen LogP contribution in [0.1, 0.15) is 79.2 Å². The molecule has 0 unspecified atom stereocenters. The molecule has 1 N–H and O–H groups in total. The Kier molecular flexibility index (Phi) is 7.61. The second kappa shape index (κ2) is 9.22. The molecule has 26 heavy (non-hydrogen) atoms. The number of rotatable bonds is 1. The van der Waals surface area contributed by atoms with Gasteiger partial charge in [-0.2, -0.15) is 0 Å². The van der Waals surface area contributed by atoms with Crippen LogP contribution in [-0.4, -0.2) is 35.6 Å². The van der Waals surface area contributed by atoms with E-state index in [1.807, 2.05) is 27.7 Å². The number of carbonyl (C=O) groups excluding carboxylic acids is 4. The van der Waals surface area contributed by atoms with Gasteiger partial charge in [0.05, 0.1) is 11.1 Å². The lowest BCUT2D eigenvalue weighted by Crippen LogP contribution is -2.33. The fourth-order valence-electron chi connectivity index (χ4n) is 2.53. The zero-order valence-corrected chi connectivity index (χ0v) is 15.8. The largest absolute Gasteiger partial charge is 0.296 e. The highest BCUT2D eigenvalue weighted by Gasteiger charge is 2.34. The predicted octanol–water partition coefficient (Wildman–Crippen LogP) is 3.01. The molecule has 0 radical (unpaired) electrons. The van der Waals surface area contributed by atoms with Gasteiger partial charge in [0.15, 0.2) is 0 Å². The SMILES string of the molecule is CC.CC(C)c1cc2c(cc1F)C(=O)N(C)C2=O.O=C1CCCC(=O)N1. The number of amides is 4. The molecule has 2 heterocycles. The number of halogens is 1. The number of nitrogens with zero attached hydrogens (tertiary/aromatic N) is 1. The average Bonchev–Trinajstić information content (AvgIpc) is 2.80. The number of fused-ring (bicyclic) bond motifs is 1. The van der Waals surface area contributed by atoms with Gasteiger partial charge in [-0.15, -0.1) is 0 Å². The molecule has 7 heteroatoms. The highest BCUT2D eigenvalue weighted by molar-refractivity contribution is 6.21. The van der Waals surface area contributed by atoms with Crippen molar-refractivity contribution in [3.05, 3.63) is 34.6 Å². The Bertz CT molecular complexity index is 714. The maximum absolute atomic E-state index is 13.6. The van der Waals surface area contributed by atoms with E-state index in [2.05, 4.69) is 5.32 Å². The first-order valence-electron chi connectivity index (χ1n) is 8.71. The lowest BCUT2D eigenvalue weighted by atomic mass is 9.97. The maximum Gasteiger partial charge on any atom is 0.261 e. The van der Waals surface area contributed by atoms with Crippen molar-refractivity contribution < 1.29 is 23.6 Å². The summed E-state index contributed by atoms with van der Waals surface area (Å²) < 4.78 is 13.6. The quantitative estimate of drug-likeness (QED) is 0.777. The van der Waals surface area contributed by atoms with Crippen molar-refractivity contribution in [1.29, 1.82) is 0 Å². The zero-order chi connectivity index (χ0) is 20.0. The van der Waals surface area contributed by atoms with E-state index in [-0.39, 0.29) is 29.2 Å². The molecular weight excluding hydrogens is 339 g/mol. The summed E-state index contributed by atoms with van der Waals surface area (Å²) in [7, 11) is 1.40. The van der Waals surface area contributed by atoms with Crippen LogP contribution in [-0.2, 0) is 9.59 Å². The van der Waals surface area contributed by atoms with E-state index in [0.29, 0.717) is 30.4 Å². The van der Waals surface area contributed by atoms with Crippen molar-refractivity contribution in [2.45, 2.75) is 52.9 Å². The van der Waals surface area contributed by atoms with Crippen molar-refractivity contribution >= 4 is 23.6 Å². The number of piperidine rings is 1. The Morgan fingerprint density at radius 3 is 1.81 bits per heavy atom. The zero-order valence-electron chi connectivity index (χ0n) is 15.8. The van der Waals surface area contributed by atoms with Crippen LogP contribution in [0.25, 0.3) is 0 Å². The molecule has 6 nitrogen and oxygen atoms in total. The molecule has 0 aliphatic carbocycles. The van der Waals surface area contributed by atoms with Crippen molar-refractivity contribution in [3.8, 4) is 0 Å². The predicted molar refractivity (Wildman–Crippen MR) is 95.3 cm³/mol. The second-order valence-corrected chi connectivity index (χ2v) is 6.07. The summed E-state index contributed by atoms with van der Waals surface area (Å²) in [6, 6.07) is 2.65. The van der Waals surface area contributed by atoms with E-state index in [4.69, 9.17) is 0 Å². The van der Waals surface area contributed by atoms with Gasteiger partial charge in [0.25, 0.3) is 11.8 Å². The Labute approximate surface area is 152 Å². The Balaban J connectivity index is 0.000000284. The molecule has 0 atom stereocenters. The van der Waals surface area contributed by atoms with Crippen LogP contribution in [0.3, 0.4) is 0 Å². The number of hydrogen-bond donors (Lipinski definition) is 1. The van der Waals surface area contributed by atoms with E-state index in [1.54, 1.807) is 0 Å². The van der Waals surface area contributed by atoms with Gasteiger partial charge in [-0.25, -0.2) is 4.39 Å². The van der Waals surface area contributed by atoms with Gasteiger partial charge in [0, 0.05) is 19.9 Å². The normalized spacial score (nSPS) is 15.7. The molecule has 1 saturated heterocycles. The summed E-state index contributed by atoms with van der Waals surface area (Å²) in [4.78, 5) is 44.9. The van der Waals surface area contributed by atoms with E-state index < -0.39 is 11.7 Å². The lowest BCUT2D eigenvalue weighted by molar-refractivity contribution is -0.132. The van der Waals surface area contributed by atoms with Crippen LogP contribution < -0.4 is 5.32 Å². The molecule has 3 rings (SSSR count). The molecule has 2 aliphatic heterocycles. The average molecular weight is 364 g/mol. The van der Waals surface area contributed by atoms with Crippen molar-refractivity contribution in [2.75, 3.05) is 7.05 Å². The number of nitrogens with one attached hydrogen (secondary N) is 1. The third-order valence-electron chi connectivity index (χ3n) is 3.92. The molecular formula is C19H25FN2O4. The summed E-state index contributed by atoms with van der Waals surface area (Å²) in [5.74, 6) is -1.51. The number of benzene rings is 1. The van der Waals surface area contributed by atoms with Crippen LogP contribution in [0.15, 0.2) is 12.1 Å². The molecule has 1 aromatic rings. The summed E-state index contributed by atoms with van der Waals surface area (Å²) in [6.45, 7) is 7.69. The number of carbonyl (C=O) groups is 4. The molecule has 0 aromatic heterocycles. The third kappa shape index (κ3) is 4.74. The van der Waals surface area contributed by atoms with E-state index in [9.17, 15) is 23.6 Å². The van der Waals surface area contributed by atoms with E-state index >= 15 is 0 Å². The van der Waals surface area contributed by atoms with E-state index in [1.165, 1.54) is 13.1 Å². The minimum atomic E-state index is -0.436. The van der Waals surface area contributed by atoms with Crippen LogP contribution in [0.2, 0.25) is 0 Å². The molecule has 4 amide bonds. The molecule has 142 valence electrons. The fourth-order valence-corrected chi connectivity index (χ4v) is 2.53. The summed E-state index contributed by atoms with van der Waals surface area (Å²) in [5, 5.41) is 2.20. The Morgan fingerprint density at radius 1 is 0.962 bits per heavy atom. The molecule has 2 aliphatic rings. The highest BCUT2D eigenvalue weighted by atomic mass is 19.1. The van der Waals surface area contributed by atoms with Crippen molar-refractivity contribution in [3.63, 3.8) is 0 Å². The fraction of sp³-hybridized carbons (Fsp3) is 0.474. The van der Waals surface area contributed by atoms with Gasteiger partial charge >= 0.3 is 0 Å². The van der Waals surface area contributed by atoms with Crippen LogP contribution in [0, 0.1) is 5.82 Å². The molecule has 0 spiro atoms. The lowest BCUT2D eigenvalue weighted by Gasteiger charge is -2.07. The molecule has 0 saturated carbocycles. The van der Waals surface area contributed by atoms with Crippen LogP contribution in [0.5, 0.6) is 0 Å². The second-order valence-electron chi connectivity index (χ2n) is 6.07. The minimum Gasteiger partial charge on any atom is -0.296 e. The minimum absolute atomic E-state index is 0.0147. The third-order valence-corrected chi connectivity index (χ3v) is 3.92. The summed E-state index contributed by atoms with van der Waals surface area (Å²) in [5.41, 5.74) is 0.933. The van der Waals surface area contributed by atoms with Gasteiger partial charge in [-0.1, -0.05) is 27.7 Å². The van der Waals surface area contributed by atoms with Crippen LogP contribution >= 0.6 is 0 Å². The first-order chi connectivity index (χ1) is 12.2. The topological polar surface area (TPSA) is 83.6 Å². The smallest absolute Gasteiger partial charge is 0.261 e. The number of hydrogen-bond acceptors (Lipinski definition) is 4. The highest BCUT2D eigenvalue weighted by Crippen LogP contribution is 2.28.